The van der Waals surface area contributed by atoms with Crippen LogP contribution in [0.15, 0.2) is 255 Å². The predicted octanol–water partition coefficient (Wildman–Crippen LogP) is 18.9. The van der Waals surface area contributed by atoms with Gasteiger partial charge in [0.15, 0.2) is 0 Å². The molecule has 14 rings (SSSR count). The molecule has 0 saturated carbocycles. The minimum Gasteiger partial charge on any atom is -0.310 e. The summed E-state index contributed by atoms with van der Waals surface area (Å²) < 4.78 is 5.00. The number of nitrogens with zero attached hydrogens (tertiary/aromatic N) is 2. The number of allylic oxidation sites excluding steroid dienone is 5. The highest BCUT2D eigenvalue weighted by Gasteiger charge is 2.52. The molecular formula is C68H46N2S. The van der Waals surface area contributed by atoms with Crippen molar-refractivity contribution in [2.45, 2.75) is 12.3 Å². The van der Waals surface area contributed by atoms with Gasteiger partial charge < -0.3 is 9.47 Å². The molecule has 0 unspecified atom stereocenters. The van der Waals surface area contributed by atoms with Crippen molar-refractivity contribution in [1.82, 2.24) is 4.57 Å². The van der Waals surface area contributed by atoms with Crippen LogP contribution < -0.4 is 4.90 Å². The summed E-state index contributed by atoms with van der Waals surface area (Å²) in [4.78, 5) is 2.48. The van der Waals surface area contributed by atoms with Gasteiger partial charge >= 0.3 is 0 Å². The number of hydrogen-bond acceptors (Lipinski definition) is 2. The van der Waals surface area contributed by atoms with Crippen LogP contribution in [0.5, 0.6) is 0 Å². The van der Waals surface area contributed by atoms with E-state index in [9.17, 15) is 0 Å². The van der Waals surface area contributed by atoms with Gasteiger partial charge in [-0.15, -0.1) is 11.3 Å². The Morgan fingerprint density at radius 1 is 0.479 bits per heavy atom. The SMILES string of the molecule is C=C/C=C(\C=C/C)n1c2cc3sc4ccccc4c3cc2c2c(-c3ccc(N(c4ccc(-c5ccccc5)cc4)c4cccc5c4-c4ccccc4C54c5ccccc5-c5ccccc54)cc3)cccc21. The molecule has 2 aliphatic rings. The van der Waals surface area contributed by atoms with Gasteiger partial charge in [-0.3, -0.25) is 0 Å². The van der Waals surface area contributed by atoms with E-state index in [1.807, 2.05) is 17.4 Å². The van der Waals surface area contributed by atoms with Crippen molar-refractivity contribution in [3.8, 4) is 44.5 Å². The van der Waals surface area contributed by atoms with Crippen molar-refractivity contribution in [3.05, 3.63) is 278 Å². The quantitative estimate of drug-likeness (QED) is 0.138. The van der Waals surface area contributed by atoms with E-state index in [4.69, 9.17) is 0 Å². The summed E-state index contributed by atoms with van der Waals surface area (Å²) in [5, 5.41) is 5.06. The maximum atomic E-state index is 4.12. The molecule has 0 radical (unpaired) electrons. The Morgan fingerprint density at radius 2 is 1.06 bits per heavy atom. The van der Waals surface area contributed by atoms with Crippen molar-refractivity contribution in [2.24, 2.45) is 0 Å². The molecule has 0 aliphatic heterocycles. The smallest absolute Gasteiger partial charge is 0.0726 e. The van der Waals surface area contributed by atoms with E-state index in [0.717, 1.165) is 33.8 Å². The van der Waals surface area contributed by atoms with E-state index < -0.39 is 5.41 Å². The Bertz CT molecular complexity index is 4140. The van der Waals surface area contributed by atoms with Crippen molar-refractivity contribution >= 4 is 76.1 Å². The van der Waals surface area contributed by atoms with Crippen molar-refractivity contribution in [2.75, 3.05) is 4.90 Å². The Balaban J connectivity index is 0.984. The first kappa shape index (κ1) is 41.2. The van der Waals surface area contributed by atoms with E-state index in [-0.39, 0.29) is 0 Å². The minimum atomic E-state index is -0.450. The van der Waals surface area contributed by atoms with Gasteiger partial charge in [0.25, 0.3) is 0 Å². The fraction of sp³-hybridized carbons (Fsp3) is 0.0294. The highest BCUT2D eigenvalue weighted by molar-refractivity contribution is 7.25. The molecule has 0 amide bonds. The summed E-state index contributed by atoms with van der Waals surface area (Å²) in [6.45, 7) is 6.20. The van der Waals surface area contributed by atoms with Crippen LogP contribution in [-0.4, -0.2) is 4.57 Å². The lowest BCUT2D eigenvalue weighted by molar-refractivity contribution is 0.794. The lowest BCUT2D eigenvalue weighted by atomic mass is 9.70. The van der Waals surface area contributed by atoms with E-state index in [2.05, 4.69) is 266 Å². The molecule has 2 heterocycles. The minimum absolute atomic E-state index is 0.450. The lowest BCUT2D eigenvalue weighted by Gasteiger charge is -2.32. The molecule has 0 fully saturated rings. The Labute approximate surface area is 417 Å². The van der Waals surface area contributed by atoms with Gasteiger partial charge in [0.05, 0.1) is 22.1 Å². The third kappa shape index (κ3) is 6.00. The van der Waals surface area contributed by atoms with E-state index in [1.54, 1.807) is 0 Å². The first-order valence-corrected chi connectivity index (χ1v) is 25.3. The van der Waals surface area contributed by atoms with Crippen LogP contribution in [0.2, 0.25) is 0 Å². The largest absolute Gasteiger partial charge is 0.310 e. The molecule has 334 valence electrons. The number of fused-ring (bicyclic) bond motifs is 16. The maximum absolute atomic E-state index is 4.12. The van der Waals surface area contributed by atoms with E-state index in [0.29, 0.717) is 0 Å². The summed E-state index contributed by atoms with van der Waals surface area (Å²) in [6, 6.07) is 83.7. The van der Waals surface area contributed by atoms with Crippen LogP contribution in [0.25, 0.3) is 92.2 Å². The number of anilines is 3. The lowest BCUT2D eigenvalue weighted by Crippen LogP contribution is -2.26. The second-order valence-corrected chi connectivity index (χ2v) is 19.8. The maximum Gasteiger partial charge on any atom is 0.0726 e. The first-order chi connectivity index (χ1) is 35.1. The van der Waals surface area contributed by atoms with Crippen LogP contribution in [-0.2, 0) is 5.41 Å². The van der Waals surface area contributed by atoms with Crippen LogP contribution in [0.4, 0.5) is 17.1 Å². The van der Waals surface area contributed by atoms with Gasteiger partial charge in [-0.25, -0.2) is 0 Å². The summed E-state index contributed by atoms with van der Waals surface area (Å²) in [5.41, 5.74) is 21.5. The molecule has 0 N–H and O–H groups in total. The first-order valence-electron chi connectivity index (χ1n) is 24.5. The molecule has 2 nitrogen and oxygen atoms in total. The Morgan fingerprint density at radius 3 is 1.76 bits per heavy atom. The van der Waals surface area contributed by atoms with Gasteiger partial charge in [0.2, 0.25) is 0 Å². The Hall–Kier alpha value is -8.76. The molecule has 12 aromatic rings. The average molecular weight is 923 g/mol. The van der Waals surface area contributed by atoms with Crippen LogP contribution in [0.3, 0.4) is 0 Å². The second kappa shape index (κ2) is 16.2. The van der Waals surface area contributed by atoms with Crippen LogP contribution in [0, 0.1) is 0 Å². The fourth-order valence-corrected chi connectivity index (χ4v) is 13.4. The second-order valence-electron chi connectivity index (χ2n) is 18.7. The number of rotatable bonds is 8. The number of aromatic nitrogens is 1. The standard InChI is InChI=1S/C68H46N2S/c1-3-18-47(19-4-2)70-61-31-16-26-50(66(61)56-42-55-53-24-11-15-33-64(53)71-65(55)43-63(56)70)46-36-40-49(41-37-46)69(48-38-34-45(35-39-48)44-20-6-5-7-21-44)62-32-17-30-60-67(62)54-25-10-14-29-59(54)68(60)57-27-12-8-22-51(57)52-23-9-13-28-58(52)68/h3-43H,1H2,2H3/b19-4-,47-18+. The number of benzene rings is 10. The van der Waals surface area contributed by atoms with Crippen LogP contribution in [0.1, 0.15) is 29.2 Å². The molecule has 0 bridgehead atoms. The van der Waals surface area contributed by atoms with Crippen molar-refractivity contribution in [3.63, 3.8) is 0 Å². The van der Waals surface area contributed by atoms with Gasteiger partial charge in [-0.1, -0.05) is 189 Å². The molecule has 2 aliphatic carbocycles. The fourth-order valence-electron chi connectivity index (χ4n) is 12.3. The number of hydrogen-bond donors (Lipinski definition) is 0. The zero-order valence-electron chi connectivity index (χ0n) is 39.2. The van der Waals surface area contributed by atoms with Crippen molar-refractivity contribution < 1.29 is 0 Å². The summed E-state index contributed by atoms with van der Waals surface area (Å²) in [5.74, 6) is 0. The topological polar surface area (TPSA) is 8.17 Å². The molecular weight excluding hydrogens is 877 g/mol. The molecule has 3 heteroatoms. The zero-order valence-corrected chi connectivity index (χ0v) is 40.0. The highest BCUT2D eigenvalue weighted by Crippen LogP contribution is 2.64. The highest BCUT2D eigenvalue weighted by atomic mass is 32.1. The normalized spacial score (nSPS) is 13.3. The van der Waals surface area contributed by atoms with Crippen LogP contribution >= 0.6 is 11.3 Å². The van der Waals surface area contributed by atoms with Gasteiger partial charge in [-0.05, 0) is 135 Å². The Kier molecular flexibility index (Phi) is 9.39. The van der Waals surface area contributed by atoms with E-state index >= 15 is 0 Å². The summed E-state index contributed by atoms with van der Waals surface area (Å²) >= 11 is 1.86. The molecule has 1 spiro atoms. The average Bonchev–Trinajstić information content (AvgIpc) is 4.15. The predicted molar refractivity (Wildman–Crippen MR) is 303 cm³/mol. The van der Waals surface area contributed by atoms with E-state index in [1.165, 1.54) is 97.7 Å². The van der Waals surface area contributed by atoms with Gasteiger partial charge in [-0.2, -0.15) is 0 Å². The molecule has 0 atom stereocenters. The van der Waals surface area contributed by atoms with Gasteiger partial charge in [0.1, 0.15) is 0 Å². The molecule has 10 aromatic carbocycles. The number of thiophene rings is 1. The monoisotopic (exact) mass is 922 g/mol. The third-order valence-electron chi connectivity index (χ3n) is 15.1. The summed E-state index contributed by atoms with van der Waals surface area (Å²) in [6.07, 6.45) is 8.30. The van der Waals surface area contributed by atoms with Gasteiger partial charge in [0, 0.05) is 53.6 Å². The van der Waals surface area contributed by atoms with Crippen molar-refractivity contribution in [1.29, 1.82) is 0 Å². The zero-order chi connectivity index (χ0) is 47.2. The molecule has 71 heavy (non-hydrogen) atoms. The molecule has 2 aromatic heterocycles. The summed E-state index contributed by atoms with van der Waals surface area (Å²) in [7, 11) is 0. The third-order valence-corrected chi connectivity index (χ3v) is 16.2. The molecule has 0 saturated heterocycles.